The average Bonchev–Trinajstić information content (AvgIpc) is 2.51. The third-order valence-electron chi connectivity index (χ3n) is 4.66. The van der Waals surface area contributed by atoms with Crippen LogP contribution in [0.1, 0.15) is 104 Å². The molecular weight excluding hydrogens is 302 g/mol. The Kier molecular flexibility index (Phi) is 15.5. The molecule has 3 atom stereocenters. The molecule has 0 heterocycles. The van der Waals surface area contributed by atoms with Gasteiger partial charge in [-0.1, -0.05) is 77.6 Å². The Bertz CT molecular complexity index is 297. The zero-order valence-corrected chi connectivity index (χ0v) is 16.2. The summed E-state index contributed by atoms with van der Waals surface area (Å²) in [4.78, 5) is 10.9. The van der Waals surface area contributed by atoms with Crippen molar-refractivity contribution in [1.29, 1.82) is 0 Å². The highest BCUT2D eigenvalue weighted by molar-refractivity contribution is 5.73. The van der Waals surface area contributed by atoms with Crippen molar-refractivity contribution in [3.8, 4) is 0 Å². The highest BCUT2D eigenvalue weighted by Gasteiger charge is 2.18. The molecule has 0 bridgehead atoms. The van der Waals surface area contributed by atoms with Crippen LogP contribution in [0.25, 0.3) is 0 Å². The van der Waals surface area contributed by atoms with Crippen LogP contribution in [0.2, 0.25) is 0 Å². The number of hydrogen-bond donors (Lipinski definition) is 3. The van der Waals surface area contributed by atoms with Crippen LogP contribution in [0.15, 0.2) is 0 Å². The molecule has 3 N–H and O–H groups in total. The summed E-state index contributed by atoms with van der Waals surface area (Å²) in [7, 11) is 0. The zero-order chi connectivity index (χ0) is 18.2. The zero-order valence-electron chi connectivity index (χ0n) is 16.2. The highest BCUT2D eigenvalue weighted by atomic mass is 16.3. The van der Waals surface area contributed by atoms with Gasteiger partial charge in [0, 0.05) is 13.3 Å². The van der Waals surface area contributed by atoms with E-state index in [1.807, 2.05) is 0 Å². The SMILES string of the molecule is CCCCCCCCCCCCC[C@H](O)C[C@H](O)C(C)NC(C)=O. The van der Waals surface area contributed by atoms with Crippen LogP contribution < -0.4 is 5.32 Å². The molecule has 0 aromatic heterocycles. The summed E-state index contributed by atoms with van der Waals surface area (Å²) < 4.78 is 0. The third-order valence-corrected chi connectivity index (χ3v) is 4.66. The molecule has 0 aromatic carbocycles. The van der Waals surface area contributed by atoms with Crippen molar-refractivity contribution >= 4 is 5.91 Å². The minimum absolute atomic E-state index is 0.151. The Morgan fingerprint density at radius 2 is 1.33 bits per heavy atom. The molecule has 0 aliphatic heterocycles. The van der Waals surface area contributed by atoms with E-state index in [0.717, 1.165) is 19.3 Å². The summed E-state index contributed by atoms with van der Waals surface area (Å²) in [6, 6.07) is -0.311. The van der Waals surface area contributed by atoms with Gasteiger partial charge in [-0.3, -0.25) is 4.79 Å². The molecule has 0 radical (unpaired) electrons. The van der Waals surface area contributed by atoms with Gasteiger partial charge in [0.2, 0.25) is 5.91 Å². The van der Waals surface area contributed by atoms with E-state index in [1.54, 1.807) is 6.92 Å². The van der Waals surface area contributed by atoms with Crippen LogP contribution in [0, 0.1) is 0 Å². The van der Waals surface area contributed by atoms with Crippen LogP contribution in [-0.4, -0.2) is 34.4 Å². The lowest BCUT2D eigenvalue weighted by atomic mass is 10.00. The molecule has 0 saturated heterocycles. The summed E-state index contributed by atoms with van der Waals surface area (Å²) in [5.41, 5.74) is 0. The number of carbonyl (C=O) groups is 1. The van der Waals surface area contributed by atoms with E-state index in [0.29, 0.717) is 6.42 Å². The smallest absolute Gasteiger partial charge is 0.217 e. The lowest BCUT2D eigenvalue weighted by Gasteiger charge is -2.22. The standard InChI is InChI=1S/C20H41NO3/c1-4-5-6-7-8-9-10-11-12-13-14-15-19(23)16-20(24)17(2)21-18(3)22/h17,19-20,23-24H,4-16H2,1-3H3,(H,21,22)/t17?,19-,20-/m0/s1. The largest absolute Gasteiger partial charge is 0.393 e. The third kappa shape index (κ3) is 14.9. The Balaban J connectivity index is 3.42. The molecule has 1 amide bonds. The Morgan fingerprint density at radius 3 is 1.79 bits per heavy atom. The number of nitrogens with one attached hydrogen (secondary N) is 1. The van der Waals surface area contributed by atoms with Gasteiger partial charge in [0.1, 0.15) is 0 Å². The van der Waals surface area contributed by atoms with Crippen LogP contribution in [0.3, 0.4) is 0 Å². The number of unbranched alkanes of at least 4 members (excludes halogenated alkanes) is 10. The molecule has 144 valence electrons. The van der Waals surface area contributed by atoms with E-state index in [9.17, 15) is 15.0 Å². The van der Waals surface area contributed by atoms with Crippen molar-refractivity contribution in [2.75, 3.05) is 0 Å². The van der Waals surface area contributed by atoms with Crippen molar-refractivity contribution in [1.82, 2.24) is 5.32 Å². The first-order valence-electron chi connectivity index (χ1n) is 10.1. The minimum atomic E-state index is -0.684. The van der Waals surface area contributed by atoms with Crippen LogP contribution in [0.5, 0.6) is 0 Å². The van der Waals surface area contributed by atoms with E-state index in [-0.39, 0.29) is 11.9 Å². The van der Waals surface area contributed by atoms with Gasteiger partial charge in [-0.05, 0) is 13.3 Å². The second-order valence-electron chi connectivity index (χ2n) is 7.27. The molecule has 1 unspecified atom stereocenters. The second kappa shape index (κ2) is 15.9. The Labute approximate surface area is 149 Å². The maximum atomic E-state index is 10.9. The first-order chi connectivity index (χ1) is 11.5. The van der Waals surface area contributed by atoms with Crippen LogP contribution >= 0.6 is 0 Å². The highest BCUT2D eigenvalue weighted by Crippen LogP contribution is 2.14. The monoisotopic (exact) mass is 343 g/mol. The number of amides is 1. The summed E-state index contributed by atoms with van der Waals surface area (Å²) >= 11 is 0. The molecule has 0 rings (SSSR count). The van der Waals surface area contributed by atoms with E-state index in [2.05, 4.69) is 12.2 Å². The fraction of sp³-hybridized carbons (Fsp3) is 0.950. The fourth-order valence-electron chi connectivity index (χ4n) is 3.06. The molecule has 0 saturated carbocycles. The van der Waals surface area contributed by atoms with Gasteiger partial charge in [0.15, 0.2) is 0 Å². The first-order valence-corrected chi connectivity index (χ1v) is 10.1. The quantitative estimate of drug-likeness (QED) is 0.365. The number of hydrogen-bond acceptors (Lipinski definition) is 3. The molecule has 4 nitrogen and oxygen atoms in total. The van der Waals surface area contributed by atoms with Crippen LogP contribution in [0.4, 0.5) is 0 Å². The number of aliphatic hydroxyl groups is 2. The van der Waals surface area contributed by atoms with Crippen molar-refractivity contribution in [2.24, 2.45) is 0 Å². The molecular formula is C20H41NO3. The van der Waals surface area contributed by atoms with E-state index in [4.69, 9.17) is 0 Å². The molecule has 4 heteroatoms. The average molecular weight is 344 g/mol. The Morgan fingerprint density at radius 1 is 0.875 bits per heavy atom. The summed E-state index contributed by atoms with van der Waals surface area (Å²) in [5, 5.41) is 22.6. The van der Waals surface area contributed by atoms with Gasteiger partial charge in [-0.25, -0.2) is 0 Å². The first kappa shape index (κ1) is 23.4. The predicted molar refractivity (Wildman–Crippen MR) is 101 cm³/mol. The predicted octanol–water partition coefficient (Wildman–Crippen LogP) is 4.32. The molecule has 0 spiro atoms. The molecule has 0 aromatic rings. The van der Waals surface area contributed by atoms with Gasteiger partial charge in [0.25, 0.3) is 0 Å². The molecule has 24 heavy (non-hydrogen) atoms. The second-order valence-corrected chi connectivity index (χ2v) is 7.27. The Hall–Kier alpha value is -0.610. The van der Waals surface area contributed by atoms with Crippen molar-refractivity contribution in [2.45, 2.75) is 122 Å². The molecule has 0 aliphatic rings. The lowest BCUT2D eigenvalue weighted by Crippen LogP contribution is -2.41. The van der Waals surface area contributed by atoms with Crippen molar-refractivity contribution in [3.05, 3.63) is 0 Å². The summed E-state index contributed by atoms with van der Waals surface area (Å²) in [6.07, 6.45) is 14.2. The van der Waals surface area contributed by atoms with E-state index in [1.165, 1.54) is 64.7 Å². The van der Waals surface area contributed by atoms with Gasteiger partial charge in [-0.2, -0.15) is 0 Å². The molecule has 0 aliphatic carbocycles. The maximum absolute atomic E-state index is 10.9. The van der Waals surface area contributed by atoms with Gasteiger partial charge >= 0.3 is 0 Å². The number of aliphatic hydroxyl groups excluding tert-OH is 2. The molecule has 0 fully saturated rings. The van der Waals surface area contributed by atoms with Crippen molar-refractivity contribution < 1.29 is 15.0 Å². The number of rotatable bonds is 16. The van der Waals surface area contributed by atoms with E-state index < -0.39 is 12.2 Å². The summed E-state index contributed by atoms with van der Waals surface area (Å²) in [6.45, 7) is 5.45. The fourth-order valence-corrected chi connectivity index (χ4v) is 3.06. The van der Waals surface area contributed by atoms with Gasteiger partial charge < -0.3 is 15.5 Å². The summed E-state index contributed by atoms with van der Waals surface area (Å²) in [5.74, 6) is -0.151. The van der Waals surface area contributed by atoms with Gasteiger partial charge in [0.05, 0.1) is 18.2 Å². The normalized spacial score (nSPS) is 15.0. The van der Waals surface area contributed by atoms with E-state index >= 15 is 0 Å². The van der Waals surface area contributed by atoms with Crippen molar-refractivity contribution in [3.63, 3.8) is 0 Å². The lowest BCUT2D eigenvalue weighted by molar-refractivity contribution is -0.120. The van der Waals surface area contributed by atoms with Gasteiger partial charge in [-0.15, -0.1) is 0 Å². The minimum Gasteiger partial charge on any atom is -0.393 e. The number of carbonyl (C=O) groups excluding carboxylic acids is 1. The maximum Gasteiger partial charge on any atom is 0.217 e. The van der Waals surface area contributed by atoms with Crippen LogP contribution in [-0.2, 0) is 4.79 Å². The topological polar surface area (TPSA) is 69.6 Å².